The Morgan fingerprint density at radius 1 is 1.29 bits per heavy atom. The number of nitrogen functional groups attached to an aromatic ring is 1. The van der Waals surface area contributed by atoms with Crippen molar-refractivity contribution in [3.8, 4) is 0 Å². The van der Waals surface area contributed by atoms with Gasteiger partial charge in [0.15, 0.2) is 0 Å². The number of nitrogens with two attached hydrogens (primary N) is 1. The molecule has 1 aromatic carbocycles. The Morgan fingerprint density at radius 3 is 2.43 bits per heavy atom. The van der Waals surface area contributed by atoms with E-state index in [1.807, 2.05) is 19.1 Å². The molecular formula is C11H19N3. The number of benzene rings is 1. The molecule has 3 N–H and O–H groups in total. The van der Waals surface area contributed by atoms with E-state index in [4.69, 9.17) is 5.73 Å². The number of hydrogen-bond acceptors (Lipinski definition) is 3. The van der Waals surface area contributed by atoms with Gasteiger partial charge in [-0.3, -0.25) is 0 Å². The summed E-state index contributed by atoms with van der Waals surface area (Å²) in [6.07, 6.45) is 0. The van der Waals surface area contributed by atoms with Crippen LogP contribution in [0.5, 0.6) is 0 Å². The summed E-state index contributed by atoms with van der Waals surface area (Å²) in [5, 5.41) is 2.14. The van der Waals surface area contributed by atoms with Gasteiger partial charge in [0.25, 0.3) is 0 Å². The number of hydrazine groups is 1. The second-order valence-corrected chi connectivity index (χ2v) is 3.36. The molecule has 0 aliphatic heterocycles. The first kappa shape index (κ1) is 10.9. The van der Waals surface area contributed by atoms with E-state index in [1.165, 1.54) is 0 Å². The lowest BCUT2D eigenvalue weighted by Crippen LogP contribution is -2.29. The summed E-state index contributed by atoms with van der Waals surface area (Å²) in [4.78, 5) is 0. The van der Waals surface area contributed by atoms with Gasteiger partial charge < -0.3 is 11.2 Å². The molecule has 78 valence electrons. The highest BCUT2D eigenvalue weighted by atomic mass is 15.5. The highest BCUT2D eigenvalue weighted by molar-refractivity contribution is 5.56. The first-order chi connectivity index (χ1) is 6.67. The Bertz CT molecular complexity index is 293. The minimum atomic E-state index is 0.843. The van der Waals surface area contributed by atoms with Crippen molar-refractivity contribution in [1.82, 2.24) is 5.01 Å². The number of rotatable bonds is 4. The van der Waals surface area contributed by atoms with Crippen molar-refractivity contribution in [3.05, 3.63) is 23.8 Å². The molecule has 0 heterocycles. The third-order valence-corrected chi connectivity index (χ3v) is 2.32. The molecule has 0 fully saturated rings. The maximum atomic E-state index is 5.74. The molecule has 0 bridgehead atoms. The highest BCUT2D eigenvalue weighted by Gasteiger charge is 2.00. The normalized spacial score (nSPS) is 10.6. The van der Waals surface area contributed by atoms with Gasteiger partial charge in [-0.2, -0.15) is 0 Å². The second kappa shape index (κ2) is 4.86. The van der Waals surface area contributed by atoms with E-state index in [0.717, 1.165) is 30.0 Å². The predicted molar refractivity (Wildman–Crippen MR) is 62.1 cm³/mol. The fourth-order valence-electron chi connectivity index (χ4n) is 1.31. The van der Waals surface area contributed by atoms with Gasteiger partial charge in [0.1, 0.15) is 0 Å². The molecule has 0 atom stereocenters. The summed E-state index contributed by atoms with van der Waals surface area (Å²) in [5.41, 5.74) is 12.1. The lowest BCUT2D eigenvalue weighted by atomic mass is 10.2. The van der Waals surface area contributed by atoms with Crippen molar-refractivity contribution in [2.75, 3.05) is 24.2 Å². The summed E-state index contributed by atoms with van der Waals surface area (Å²) in [6, 6.07) is 6.00. The Balaban J connectivity index is 2.72. The van der Waals surface area contributed by atoms with E-state index in [0.29, 0.717) is 0 Å². The van der Waals surface area contributed by atoms with Crippen LogP contribution in [0.3, 0.4) is 0 Å². The second-order valence-electron chi connectivity index (χ2n) is 3.36. The third-order valence-electron chi connectivity index (χ3n) is 2.32. The fourth-order valence-corrected chi connectivity index (χ4v) is 1.31. The standard InChI is InChI=1S/C11H19N3/c1-4-14(5-2)13-10-6-7-11(12)9(3)8-10/h6-8,13H,4-5,12H2,1-3H3. The van der Waals surface area contributed by atoms with E-state index in [-0.39, 0.29) is 0 Å². The monoisotopic (exact) mass is 193 g/mol. The Kier molecular flexibility index (Phi) is 3.77. The van der Waals surface area contributed by atoms with E-state index in [1.54, 1.807) is 0 Å². The zero-order valence-electron chi connectivity index (χ0n) is 9.17. The van der Waals surface area contributed by atoms with Gasteiger partial charge >= 0.3 is 0 Å². The van der Waals surface area contributed by atoms with Crippen LogP contribution in [0, 0.1) is 6.92 Å². The maximum Gasteiger partial charge on any atom is 0.0494 e. The zero-order valence-corrected chi connectivity index (χ0v) is 9.17. The molecule has 0 radical (unpaired) electrons. The van der Waals surface area contributed by atoms with Gasteiger partial charge in [-0.25, -0.2) is 5.01 Å². The quantitative estimate of drug-likeness (QED) is 0.569. The lowest BCUT2D eigenvalue weighted by molar-refractivity contribution is 0.367. The largest absolute Gasteiger partial charge is 0.399 e. The van der Waals surface area contributed by atoms with Crippen molar-refractivity contribution in [3.63, 3.8) is 0 Å². The van der Waals surface area contributed by atoms with Crippen molar-refractivity contribution >= 4 is 11.4 Å². The average Bonchev–Trinajstić information content (AvgIpc) is 2.19. The molecule has 0 saturated heterocycles. The van der Waals surface area contributed by atoms with Crippen LogP contribution in [-0.4, -0.2) is 18.1 Å². The molecule has 0 amide bonds. The number of nitrogens with one attached hydrogen (secondary N) is 1. The van der Waals surface area contributed by atoms with Crippen LogP contribution < -0.4 is 11.2 Å². The lowest BCUT2D eigenvalue weighted by Gasteiger charge is -2.21. The Morgan fingerprint density at radius 2 is 1.93 bits per heavy atom. The molecule has 0 aliphatic rings. The van der Waals surface area contributed by atoms with Gasteiger partial charge in [-0.1, -0.05) is 13.8 Å². The van der Waals surface area contributed by atoms with Crippen LogP contribution in [-0.2, 0) is 0 Å². The molecule has 3 heteroatoms. The molecule has 1 rings (SSSR count). The first-order valence-corrected chi connectivity index (χ1v) is 5.05. The molecule has 0 spiro atoms. The van der Waals surface area contributed by atoms with Gasteiger partial charge in [0, 0.05) is 24.5 Å². The van der Waals surface area contributed by atoms with Gasteiger partial charge in [-0.15, -0.1) is 0 Å². The molecule has 3 nitrogen and oxygen atoms in total. The van der Waals surface area contributed by atoms with Crippen LogP contribution in [0.2, 0.25) is 0 Å². The molecule has 0 unspecified atom stereocenters. The number of hydrogen-bond donors (Lipinski definition) is 2. The van der Waals surface area contributed by atoms with Gasteiger partial charge in [0.05, 0.1) is 0 Å². The van der Waals surface area contributed by atoms with Crippen molar-refractivity contribution < 1.29 is 0 Å². The van der Waals surface area contributed by atoms with E-state index < -0.39 is 0 Å². The van der Waals surface area contributed by atoms with E-state index >= 15 is 0 Å². The van der Waals surface area contributed by atoms with E-state index in [2.05, 4.69) is 30.3 Å². The van der Waals surface area contributed by atoms with Gasteiger partial charge in [-0.05, 0) is 30.7 Å². The summed E-state index contributed by atoms with van der Waals surface area (Å²) in [7, 11) is 0. The molecule has 0 saturated carbocycles. The smallest absolute Gasteiger partial charge is 0.0494 e. The van der Waals surface area contributed by atoms with Crippen LogP contribution in [0.15, 0.2) is 18.2 Å². The van der Waals surface area contributed by atoms with Crippen molar-refractivity contribution in [1.29, 1.82) is 0 Å². The number of aryl methyl sites for hydroxylation is 1. The molecule has 0 aromatic heterocycles. The summed E-state index contributed by atoms with van der Waals surface area (Å²) in [6.45, 7) is 8.24. The Labute approximate surface area is 85.9 Å². The van der Waals surface area contributed by atoms with E-state index in [9.17, 15) is 0 Å². The average molecular weight is 193 g/mol. The zero-order chi connectivity index (χ0) is 10.6. The third kappa shape index (κ3) is 2.64. The fraction of sp³-hybridized carbons (Fsp3) is 0.455. The maximum absolute atomic E-state index is 5.74. The molecule has 0 aliphatic carbocycles. The summed E-state index contributed by atoms with van der Waals surface area (Å²) >= 11 is 0. The molecule has 14 heavy (non-hydrogen) atoms. The van der Waals surface area contributed by atoms with Crippen LogP contribution in [0.25, 0.3) is 0 Å². The van der Waals surface area contributed by atoms with Crippen molar-refractivity contribution in [2.45, 2.75) is 20.8 Å². The van der Waals surface area contributed by atoms with Gasteiger partial charge in [0.2, 0.25) is 0 Å². The highest BCUT2D eigenvalue weighted by Crippen LogP contribution is 2.16. The summed E-state index contributed by atoms with van der Waals surface area (Å²) < 4.78 is 0. The van der Waals surface area contributed by atoms with Crippen molar-refractivity contribution in [2.24, 2.45) is 0 Å². The first-order valence-electron chi connectivity index (χ1n) is 5.05. The van der Waals surface area contributed by atoms with Crippen LogP contribution in [0.1, 0.15) is 19.4 Å². The summed E-state index contributed by atoms with van der Waals surface area (Å²) in [5.74, 6) is 0. The predicted octanol–water partition coefficient (Wildman–Crippen LogP) is 2.25. The Hall–Kier alpha value is -1.22. The SMILES string of the molecule is CCN(CC)Nc1ccc(N)c(C)c1. The topological polar surface area (TPSA) is 41.3 Å². The minimum absolute atomic E-state index is 0.843. The number of anilines is 2. The molecule has 1 aromatic rings. The van der Waals surface area contributed by atoms with Crippen LogP contribution in [0.4, 0.5) is 11.4 Å². The van der Waals surface area contributed by atoms with Crippen LogP contribution >= 0.6 is 0 Å². The molecular weight excluding hydrogens is 174 g/mol. The number of nitrogens with zero attached hydrogens (tertiary/aromatic N) is 1. The minimum Gasteiger partial charge on any atom is -0.399 e.